The second kappa shape index (κ2) is 8.87. The fourth-order valence-electron chi connectivity index (χ4n) is 1.34. The number of benzene rings is 1. The summed E-state index contributed by atoms with van der Waals surface area (Å²) in [4.78, 5) is 22.4. The van der Waals surface area contributed by atoms with E-state index in [2.05, 4.69) is 5.32 Å². The van der Waals surface area contributed by atoms with E-state index in [-0.39, 0.29) is 57.9 Å². The molecule has 0 saturated carbocycles. The molecule has 1 aromatic rings. The fourth-order valence-corrected chi connectivity index (χ4v) is 2.01. The minimum absolute atomic E-state index is 0. The molecule has 9 heteroatoms. The van der Waals surface area contributed by atoms with Crippen LogP contribution in [0.15, 0.2) is 30.3 Å². The Morgan fingerprint density at radius 1 is 1.25 bits per heavy atom. The molecule has 0 saturated heterocycles. The standard InChI is InChI=1S/C11H14N2O5S.K.H/c1-8(14)13-11(19(16,17)18)10(15)12-7-9-5-3-2-4-6-9;;/h2-6,11H,7H2,1H3,(H,12,15)(H,13,14)(H,16,17,18);;. The van der Waals surface area contributed by atoms with Gasteiger partial charge in [-0.1, -0.05) is 30.3 Å². The van der Waals surface area contributed by atoms with Gasteiger partial charge in [-0.3, -0.25) is 14.1 Å². The van der Waals surface area contributed by atoms with Gasteiger partial charge in [-0.2, -0.15) is 8.42 Å². The average molecular weight is 326 g/mol. The molecule has 1 unspecified atom stereocenters. The van der Waals surface area contributed by atoms with Crippen LogP contribution in [0.3, 0.4) is 0 Å². The Kier molecular flexibility index (Phi) is 8.74. The number of hydrogen-bond acceptors (Lipinski definition) is 4. The van der Waals surface area contributed by atoms with Crippen LogP contribution in [0.2, 0.25) is 0 Å². The van der Waals surface area contributed by atoms with E-state index in [1.165, 1.54) is 0 Å². The number of hydrogen-bond donors (Lipinski definition) is 3. The Morgan fingerprint density at radius 3 is 2.25 bits per heavy atom. The van der Waals surface area contributed by atoms with Crippen LogP contribution in [-0.2, 0) is 26.3 Å². The van der Waals surface area contributed by atoms with Crippen LogP contribution >= 0.6 is 0 Å². The van der Waals surface area contributed by atoms with Crippen LogP contribution < -0.4 is 10.6 Å². The molecule has 0 radical (unpaired) electrons. The molecule has 20 heavy (non-hydrogen) atoms. The minimum atomic E-state index is -4.71. The van der Waals surface area contributed by atoms with Crippen molar-refractivity contribution in [3.8, 4) is 0 Å². The quantitative estimate of drug-likeness (QED) is 0.475. The molecule has 0 bridgehead atoms. The van der Waals surface area contributed by atoms with Crippen molar-refractivity contribution in [2.45, 2.75) is 18.8 Å². The van der Waals surface area contributed by atoms with E-state index in [9.17, 15) is 18.0 Å². The monoisotopic (exact) mass is 326 g/mol. The summed E-state index contributed by atoms with van der Waals surface area (Å²) in [6.07, 6.45) is 0. The molecule has 0 aliphatic heterocycles. The average Bonchev–Trinajstić information content (AvgIpc) is 2.33. The zero-order chi connectivity index (χ0) is 14.5. The van der Waals surface area contributed by atoms with Gasteiger partial charge in [0.05, 0.1) is 0 Å². The Morgan fingerprint density at radius 2 is 1.80 bits per heavy atom. The van der Waals surface area contributed by atoms with Crippen molar-refractivity contribution in [2.75, 3.05) is 0 Å². The van der Waals surface area contributed by atoms with Crippen molar-refractivity contribution in [1.29, 1.82) is 0 Å². The van der Waals surface area contributed by atoms with Crippen molar-refractivity contribution in [1.82, 2.24) is 10.6 Å². The summed E-state index contributed by atoms with van der Waals surface area (Å²) in [5, 5.41) is 2.18. The predicted molar refractivity (Wildman–Crippen MR) is 74.6 cm³/mol. The first-order valence-corrected chi connectivity index (χ1v) is 6.86. The Balaban J connectivity index is 0.00000361. The summed E-state index contributed by atoms with van der Waals surface area (Å²) in [5.74, 6) is -1.74. The molecule has 0 aliphatic rings. The van der Waals surface area contributed by atoms with E-state index in [1.54, 1.807) is 30.3 Å². The van der Waals surface area contributed by atoms with Crippen molar-refractivity contribution in [3.05, 3.63) is 35.9 Å². The first kappa shape index (κ1) is 19.7. The third-order valence-electron chi connectivity index (χ3n) is 2.18. The summed E-state index contributed by atoms with van der Waals surface area (Å²) >= 11 is 0. The molecule has 0 fully saturated rings. The summed E-state index contributed by atoms with van der Waals surface area (Å²) in [6, 6.07) is 8.79. The third-order valence-corrected chi connectivity index (χ3v) is 3.11. The fraction of sp³-hybridized carbons (Fsp3) is 0.273. The molecular weight excluding hydrogens is 311 g/mol. The second-order valence-electron chi connectivity index (χ2n) is 3.80. The molecular formula is C11H15KN2O5S. The van der Waals surface area contributed by atoms with E-state index in [0.717, 1.165) is 12.5 Å². The van der Waals surface area contributed by atoms with Crippen molar-refractivity contribution < 1.29 is 22.6 Å². The van der Waals surface area contributed by atoms with Crippen LogP contribution in [0, 0.1) is 0 Å². The van der Waals surface area contributed by atoms with Gasteiger partial charge in [0.25, 0.3) is 16.0 Å². The topological polar surface area (TPSA) is 113 Å². The molecule has 0 aliphatic carbocycles. The van der Waals surface area contributed by atoms with Crippen molar-refractivity contribution >= 4 is 73.3 Å². The molecule has 7 nitrogen and oxygen atoms in total. The van der Waals surface area contributed by atoms with Gasteiger partial charge in [-0.05, 0) is 5.56 Å². The van der Waals surface area contributed by atoms with Crippen molar-refractivity contribution in [2.24, 2.45) is 0 Å². The molecule has 1 rings (SSSR count). The second-order valence-corrected chi connectivity index (χ2v) is 5.30. The molecule has 1 aromatic carbocycles. The zero-order valence-electron chi connectivity index (χ0n) is 10.2. The van der Waals surface area contributed by atoms with Gasteiger partial charge < -0.3 is 10.6 Å². The van der Waals surface area contributed by atoms with Gasteiger partial charge in [-0.15, -0.1) is 0 Å². The number of carbonyl (C=O) groups is 2. The van der Waals surface area contributed by atoms with Crippen LogP contribution in [0.5, 0.6) is 0 Å². The summed E-state index contributed by atoms with van der Waals surface area (Å²) < 4.78 is 30.9. The predicted octanol–water partition coefficient (Wildman–Crippen LogP) is -0.996. The maximum absolute atomic E-state index is 11.6. The SMILES string of the molecule is CC(=O)NC(C(=O)NCc1ccccc1)S(=O)(=O)O.[KH]. The first-order chi connectivity index (χ1) is 8.80. The molecule has 3 N–H and O–H groups in total. The maximum atomic E-state index is 11.6. The molecule has 2 amide bonds. The summed E-state index contributed by atoms with van der Waals surface area (Å²) in [5.41, 5.74) is 0.757. The Labute approximate surface area is 159 Å². The van der Waals surface area contributed by atoms with Gasteiger partial charge in [-0.25, -0.2) is 0 Å². The van der Waals surface area contributed by atoms with E-state index < -0.39 is 27.3 Å². The van der Waals surface area contributed by atoms with Crippen LogP contribution in [-0.4, -0.2) is 81.5 Å². The van der Waals surface area contributed by atoms with E-state index in [4.69, 9.17) is 4.55 Å². The number of carbonyl (C=O) groups excluding carboxylic acids is 2. The first-order valence-electron chi connectivity index (χ1n) is 5.35. The summed E-state index contributed by atoms with van der Waals surface area (Å²) in [6.45, 7) is 1.13. The van der Waals surface area contributed by atoms with Gasteiger partial charge in [0.15, 0.2) is 0 Å². The van der Waals surface area contributed by atoms with Crippen LogP contribution in [0.1, 0.15) is 12.5 Å². The van der Waals surface area contributed by atoms with Gasteiger partial charge >= 0.3 is 51.4 Å². The molecule has 106 valence electrons. The third kappa shape index (κ3) is 6.93. The molecule has 0 aromatic heterocycles. The molecule has 0 heterocycles. The Hall–Kier alpha value is -0.294. The number of rotatable bonds is 5. The van der Waals surface area contributed by atoms with E-state index in [1.807, 2.05) is 5.32 Å². The van der Waals surface area contributed by atoms with Gasteiger partial charge in [0.1, 0.15) is 0 Å². The summed E-state index contributed by atoms with van der Waals surface area (Å²) in [7, 11) is -4.71. The van der Waals surface area contributed by atoms with Gasteiger partial charge in [0, 0.05) is 13.5 Å². The molecule has 1 atom stereocenters. The van der Waals surface area contributed by atoms with Crippen LogP contribution in [0.25, 0.3) is 0 Å². The van der Waals surface area contributed by atoms with Gasteiger partial charge in [0.2, 0.25) is 11.3 Å². The zero-order valence-corrected chi connectivity index (χ0v) is 11.0. The van der Waals surface area contributed by atoms with Crippen LogP contribution in [0.4, 0.5) is 0 Å². The normalized spacial score (nSPS) is 11.9. The van der Waals surface area contributed by atoms with E-state index >= 15 is 0 Å². The number of nitrogens with one attached hydrogen (secondary N) is 2. The van der Waals surface area contributed by atoms with E-state index in [0.29, 0.717) is 0 Å². The van der Waals surface area contributed by atoms with Crippen molar-refractivity contribution in [3.63, 3.8) is 0 Å². The Bertz CT molecular complexity index is 561. The molecule has 0 spiro atoms. The number of amides is 2.